The second kappa shape index (κ2) is 8.73. The van der Waals surface area contributed by atoms with Crippen LogP contribution in [0.3, 0.4) is 0 Å². The molecule has 8 nitrogen and oxygen atoms in total. The van der Waals surface area contributed by atoms with E-state index in [9.17, 15) is 9.18 Å². The van der Waals surface area contributed by atoms with Crippen molar-refractivity contribution in [1.29, 1.82) is 0 Å². The number of hydrogen-bond donors (Lipinski definition) is 0. The van der Waals surface area contributed by atoms with Crippen LogP contribution in [0.2, 0.25) is 0 Å². The Bertz CT molecular complexity index is 1730. The van der Waals surface area contributed by atoms with Crippen LogP contribution in [0.4, 0.5) is 10.2 Å². The molecular formula is C34H36FN5O3. The van der Waals surface area contributed by atoms with Crippen LogP contribution >= 0.6 is 0 Å². The minimum absolute atomic E-state index is 0.0193. The van der Waals surface area contributed by atoms with E-state index >= 15 is 0 Å². The van der Waals surface area contributed by atoms with Crippen LogP contribution in [-0.4, -0.2) is 38.2 Å². The molecule has 7 aliphatic rings. The number of oxazole rings is 1. The summed E-state index contributed by atoms with van der Waals surface area (Å²) in [5.74, 6) is 3.56. The Morgan fingerprint density at radius 1 is 0.977 bits per heavy atom. The first-order valence-electron chi connectivity index (χ1n) is 15.9. The Hall–Kier alpha value is -3.62. The Morgan fingerprint density at radius 2 is 1.72 bits per heavy atom. The van der Waals surface area contributed by atoms with Crippen LogP contribution in [0, 0.1) is 17.8 Å². The Kier molecular flexibility index (Phi) is 5.25. The second-order valence-electron chi connectivity index (χ2n) is 14.7. The zero-order chi connectivity index (χ0) is 29.0. The lowest BCUT2D eigenvalue weighted by Gasteiger charge is -2.66. The van der Waals surface area contributed by atoms with Gasteiger partial charge in [0, 0.05) is 37.4 Å². The number of pyridine rings is 1. The molecule has 1 amide bonds. The zero-order valence-electron chi connectivity index (χ0n) is 24.6. The molecule has 4 bridgehead atoms. The van der Waals surface area contributed by atoms with Crippen LogP contribution < -0.4 is 4.90 Å². The first kappa shape index (κ1) is 25.8. The second-order valence-corrected chi connectivity index (χ2v) is 14.7. The van der Waals surface area contributed by atoms with E-state index in [0.717, 1.165) is 85.3 Å². The fraction of sp³-hybridized carbons (Fsp3) is 0.559. The van der Waals surface area contributed by atoms with E-state index in [1.807, 2.05) is 42.2 Å². The largest absolute Gasteiger partial charge is 0.441 e. The van der Waals surface area contributed by atoms with Gasteiger partial charge in [-0.2, -0.15) is 4.98 Å². The van der Waals surface area contributed by atoms with Gasteiger partial charge in [0.15, 0.2) is 17.3 Å². The molecule has 0 N–H and O–H groups in total. The maximum Gasteiger partial charge on any atom is 0.232 e. The molecule has 3 heterocycles. The molecule has 0 radical (unpaired) electrons. The Morgan fingerprint density at radius 3 is 2.44 bits per heavy atom. The predicted octanol–water partition coefficient (Wildman–Crippen LogP) is 7.37. The van der Waals surface area contributed by atoms with Gasteiger partial charge in [0.2, 0.25) is 11.8 Å². The summed E-state index contributed by atoms with van der Waals surface area (Å²) in [5.41, 5.74) is 2.32. The van der Waals surface area contributed by atoms with Gasteiger partial charge in [-0.3, -0.25) is 9.69 Å². The average Bonchev–Trinajstić information content (AvgIpc) is 3.58. The molecule has 0 unspecified atom stereocenters. The van der Waals surface area contributed by atoms with E-state index < -0.39 is 5.67 Å². The van der Waals surface area contributed by atoms with Gasteiger partial charge in [-0.25, -0.2) is 14.4 Å². The molecule has 0 spiro atoms. The standard InChI is InChI=1S/C34H36FN5O3/c1-21-37-25-5-4-23(14-26(25)42-21)24-6-13-36-27(15-24)40(28(41)16-32-17-34(35,18-32)19-32)20-31-7-10-33(11-8-31,12-9-31)30-38-29(39-43-30)22-2-3-22/h4-6,13-15,22H,2-3,7-12,16-20H2,1H3. The molecule has 43 heavy (non-hydrogen) atoms. The molecular weight excluding hydrogens is 545 g/mol. The summed E-state index contributed by atoms with van der Waals surface area (Å²) in [4.78, 5) is 30.1. The van der Waals surface area contributed by atoms with Crippen LogP contribution in [-0.2, 0) is 10.2 Å². The van der Waals surface area contributed by atoms with E-state index in [1.54, 1.807) is 6.20 Å². The van der Waals surface area contributed by atoms with Crippen molar-refractivity contribution >= 4 is 22.8 Å². The van der Waals surface area contributed by atoms with Crippen molar-refractivity contribution < 1.29 is 18.1 Å². The number of aromatic nitrogens is 4. The zero-order valence-corrected chi connectivity index (χ0v) is 24.6. The van der Waals surface area contributed by atoms with Gasteiger partial charge in [0.25, 0.3) is 0 Å². The number of carbonyl (C=O) groups is 1. The number of amides is 1. The van der Waals surface area contributed by atoms with Gasteiger partial charge in [0.05, 0.1) is 0 Å². The summed E-state index contributed by atoms with van der Waals surface area (Å²) in [6.45, 7) is 2.48. The molecule has 9 heteroatoms. The van der Waals surface area contributed by atoms with Gasteiger partial charge in [-0.15, -0.1) is 0 Å². The third-order valence-electron chi connectivity index (χ3n) is 11.5. The van der Waals surface area contributed by atoms with Crippen LogP contribution in [0.5, 0.6) is 0 Å². The van der Waals surface area contributed by atoms with Crippen LogP contribution in [0.1, 0.15) is 101 Å². The topological polar surface area (TPSA) is 98.1 Å². The van der Waals surface area contributed by atoms with E-state index in [1.165, 1.54) is 0 Å². The molecule has 4 aromatic rings. The van der Waals surface area contributed by atoms with Gasteiger partial charge in [0.1, 0.15) is 17.0 Å². The lowest BCUT2D eigenvalue weighted by atomic mass is 9.41. The summed E-state index contributed by atoms with van der Waals surface area (Å²) in [6, 6.07) is 9.98. The minimum atomic E-state index is -1.02. The number of anilines is 1. The lowest BCUT2D eigenvalue weighted by Crippen LogP contribution is -2.65. The minimum Gasteiger partial charge on any atom is -0.441 e. The summed E-state index contributed by atoms with van der Waals surface area (Å²) < 4.78 is 26.0. The number of aryl methyl sites for hydroxylation is 1. The maximum absolute atomic E-state index is 14.4. The van der Waals surface area contributed by atoms with Gasteiger partial charge in [-0.05, 0) is 117 Å². The van der Waals surface area contributed by atoms with Crippen LogP contribution in [0.25, 0.3) is 22.2 Å². The third-order valence-corrected chi connectivity index (χ3v) is 11.5. The molecule has 7 saturated carbocycles. The Labute approximate surface area is 249 Å². The van der Waals surface area contributed by atoms with E-state index in [2.05, 4.69) is 10.1 Å². The van der Waals surface area contributed by atoms with Crippen molar-refractivity contribution in [3.05, 3.63) is 54.1 Å². The first-order valence-corrected chi connectivity index (χ1v) is 15.9. The van der Waals surface area contributed by atoms with Crippen molar-refractivity contribution in [2.24, 2.45) is 10.8 Å². The Balaban J connectivity index is 0.999. The summed E-state index contributed by atoms with van der Waals surface area (Å²) in [6.07, 6.45) is 12.1. The number of hydrogen-bond acceptors (Lipinski definition) is 7. The molecule has 7 aliphatic carbocycles. The molecule has 0 saturated heterocycles. The van der Waals surface area contributed by atoms with E-state index in [-0.39, 0.29) is 22.2 Å². The number of nitrogens with zero attached hydrogens (tertiary/aromatic N) is 5. The highest BCUT2D eigenvalue weighted by Crippen LogP contribution is 2.71. The van der Waals surface area contributed by atoms with E-state index in [0.29, 0.717) is 49.9 Å². The fourth-order valence-electron chi connectivity index (χ4n) is 8.84. The molecule has 0 aliphatic heterocycles. The maximum atomic E-state index is 14.4. The molecule has 11 rings (SSSR count). The van der Waals surface area contributed by atoms with Crippen molar-refractivity contribution in [2.75, 3.05) is 11.4 Å². The highest BCUT2D eigenvalue weighted by atomic mass is 19.1. The summed E-state index contributed by atoms with van der Waals surface area (Å²) in [7, 11) is 0. The lowest BCUT2D eigenvalue weighted by molar-refractivity contribution is -0.215. The summed E-state index contributed by atoms with van der Waals surface area (Å²) >= 11 is 0. The van der Waals surface area contributed by atoms with Gasteiger partial charge in [-0.1, -0.05) is 11.2 Å². The molecule has 1 aromatic carbocycles. The number of benzene rings is 1. The number of fused-ring (bicyclic) bond motifs is 4. The number of carbonyl (C=O) groups excluding carboxylic acids is 1. The predicted molar refractivity (Wildman–Crippen MR) is 157 cm³/mol. The number of halogens is 1. The van der Waals surface area contributed by atoms with Gasteiger partial charge < -0.3 is 8.94 Å². The highest BCUT2D eigenvalue weighted by molar-refractivity contribution is 5.94. The molecule has 222 valence electrons. The molecule has 3 aromatic heterocycles. The fourth-order valence-corrected chi connectivity index (χ4v) is 8.84. The smallest absolute Gasteiger partial charge is 0.232 e. The number of rotatable bonds is 8. The molecule has 0 atom stereocenters. The monoisotopic (exact) mass is 581 g/mol. The van der Waals surface area contributed by atoms with Crippen LogP contribution in [0.15, 0.2) is 45.5 Å². The van der Waals surface area contributed by atoms with Crippen molar-refractivity contribution in [1.82, 2.24) is 20.1 Å². The van der Waals surface area contributed by atoms with Crippen molar-refractivity contribution in [3.63, 3.8) is 0 Å². The average molecular weight is 582 g/mol. The van der Waals surface area contributed by atoms with Gasteiger partial charge >= 0.3 is 0 Å². The SMILES string of the molecule is Cc1nc2ccc(-c3ccnc(N(CC45CCC(c6nc(C7CC7)no6)(CC4)CC5)C(=O)CC45CC(F)(C4)C5)c3)cc2o1. The van der Waals surface area contributed by atoms with Crippen molar-refractivity contribution in [2.45, 2.75) is 101 Å². The quantitative estimate of drug-likeness (QED) is 0.214. The third kappa shape index (κ3) is 4.17. The molecule has 7 fully saturated rings. The first-order chi connectivity index (χ1) is 20.7. The van der Waals surface area contributed by atoms with E-state index in [4.69, 9.17) is 18.9 Å². The number of alkyl halides is 1. The summed E-state index contributed by atoms with van der Waals surface area (Å²) in [5, 5.41) is 4.32. The highest BCUT2D eigenvalue weighted by Gasteiger charge is 2.69. The van der Waals surface area contributed by atoms with Crippen molar-refractivity contribution in [3.8, 4) is 11.1 Å². The normalized spacial score (nSPS) is 32.4.